The Balaban J connectivity index is 1.80. The van der Waals surface area contributed by atoms with Crippen LogP contribution in [-0.4, -0.2) is 39.2 Å². The standard InChI is InChI=1S/C29H33NO6/c1-16(2)36-29(32)26-17(3)30-22-13-20(18-7-10-21(33-4)11-8-18)14-23(31)28(22)27(26)19-9-12-24(34-5)25(15-19)35-6/h7-12,15-16,20,27,30H,13-14H2,1-6H3/t20-,27-/m1/s1. The van der Waals surface area contributed by atoms with Crippen molar-refractivity contribution in [3.05, 3.63) is 76.1 Å². The molecule has 0 bridgehead atoms. The summed E-state index contributed by atoms with van der Waals surface area (Å²) in [7, 11) is 4.77. The van der Waals surface area contributed by atoms with Crippen LogP contribution in [-0.2, 0) is 14.3 Å². The number of carbonyl (C=O) groups is 2. The van der Waals surface area contributed by atoms with Crippen molar-refractivity contribution in [3.8, 4) is 17.2 Å². The average Bonchev–Trinajstić information content (AvgIpc) is 2.86. The smallest absolute Gasteiger partial charge is 0.337 e. The molecule has 1 aliphatic heterocycles. The maximum atomic E-state index is 13.7. The summed E-state index contributed by atoms with van der Waals surface area (Å²) in [5.41, 5.74) is 4.41. The predicted molar refractivity (Wildman–Crippen MR) is 136 cm³/mol. The number of hydrogen-bond donors (Lipinski definition) is 1. The van der Waals surface area contributed by atoms with Crippen LogP contribution in [0.2, 0.25) is 0 Å². The highest BCUT2D eigenvalue weighted by molar-refractivity contribution is 6.04. The molecule has 0 fully saturated rings. The molecule has 4 rings (SSSR count). The summed E-state index contributed by atoms with van der Waals surface area (Å²) < 4.78 is 21.8. The van der Waals surface area contributed by atoms with Crippen LogP contribution in [0.4, 0.5) is 0 Å². The van der Waals surface area contributed by atoms with Gasteiger partial charge in [0.1, 0.15) is 5.75 Å². The van der Waals surface area contributed by atoms with Crippen molar-refractivity contribution >= 4 is 11.8 Å². The van der Waals surface area contributed by atoms with Gasteiger partial charge in [0.25, 0.3) is 0 Å². The zero-order valence-corrected chi connectivity index (χ0v) is 21.6. The molecule has 1 aliphatic carbocycles. The lowest BCUT2D eigenvalue weighted by Gasteiger charge is -2.37. The van der Waals surface area contributed by atoms with Crippen LogP contribution < -0.4 is 19.5 Å². The normalized spacial score (nSPS) is 19.6. The minimum atomic E-state index is -0.573. The third kappa shape index (κ3) is 4.83. The first-order valence-electron chi connectivity index (χ1n) is 12.1. The van der Waals surface area contributed by atoms with E-state index in [1.54, 1.807) is 27.4 Å². The molecule has 0 unspecified atom stereocenters. The third-order valence-corrected chi connectivity index (χ3v) is 6.72. The Hall–Kier alpha value is -3.74. The number of ketones is 1. The SMILES string of the molecule is COc1ccc([C@H]2CC(=O)C3=C(C2)NC(C)=C(C(=O)OC(C)C)[C@H]3c2ccc(OC)c(OC)c2)cc1. The van der Waals surface area contributed by atoms with Crippen LogP contribution in [0.1, 0.15) is 56.6 Å². The molecule has 7 nitrogen and oxygen atoms in total. The van der Waals surface area contributed by atoms with Gasteiger partial charge in [0.2, 0.25) is 0 Å². The Morgan fingerprint density at radius 3 is 2.19 bits per heavy atom. The molecule has 190 valence electrons. The lowest BCUT2D eigenvalue weighted by molar-refractivity contribution is -0.143. The summed E-state index contributed by atoms with van der Waals surface area (Å²) in [5, 5.41) is 3.38. The van der Waals surface area contributed by atoms with Crippen molar-refractivity contribution in [3.63, 3.8) is 0 Å². The van der Waals surface area contributed by atoms with E-state index in [0.29, 0.717) is 41.2 Å². The number of Topliss-reactive ketones (excluding diaryl/α,β-unsaturated/α-hetero) is 1. The van der Waals surface area contributed by atoms with Crippen molar-refractivity contribution in [2.24, 2.45) is 0 Å². The van der Waals surface area contributed by atoms with E-state index < -0.39 is 11.9 Å². The summed E-state index contributed by atoms with van der Waals surface area (Å²) in [6.07, 6.45) is 0.712. The summed E-state index contributed by atoms with van der Waals surface area (Å²) in [6.45, 7) is 5.48. The van der Waals surface area contributed by atoms with E-state index in [1.807, 2.05) is 57.2 Å². The minimum absolute atomic E-state index is 0.00620. The molecule has 7 heteroatoms. The maximum absolute atomic E-state index is 13.7. The molecule has 0 spiro atoms. The van der Waals surface area contributed by atoms with Crippen LogP contribution >= 0.6 is 0 Å². The number of rotatable bonds is 7. The van der Waals surface area contributed by atoms with Crippen molar-refractivity contribution in [1.82, 2.24) is 5.32 Å². The van der Waals surface area contributed by atoms with Crippen molar-refractivity contribution in [2.45, 2.75) is 51.6 Å². The van der Waals surface area contributed by atoms with Gasteiger partial charge in [-0.25, -0.2) is 4.79 Å². The Morgan fingerprint density at radius 1 is 0.917 bits per heavy atom. The second-order valence-electron chi connectivity index (χ2n) is 9.36. The highest BCUT2D eigenvalue weighted by Crippen LogP contribution is 2.47. The molecule has 2 aromatic rings. The lowest BCUT2D eigenvalue weighted by Crippen LogP contribution is -2.36. The monoisotopic (exact) mass is 491 g/mol. The Morgan fingerprint density at radius 2 is 1.58 bits per heavy atom. The topological polar surface area (TPSA) is 83.1 Å². The molecule has 0 saturated carbocycles. The molecule has 0 saturated heterocycles. The fourth-order valence-electron chi connectivity index (χ4n) is 5.06. The second-order valence-corrected chi connectivity index (χ2v) is 9.36. The number of dihydropyridines is 1. The summed E-state index contributed by atoms with van der Waals surface area (Å²) in [4.78, 5) is 27.0. The zero-order chi connectivity index (χ0) is 26.0. The van der Waals surface area contributed by atoms with Gasteiger partial charge in [-0.05, 0) is 68.5 Å². The molecule has 1 N–H and O–H groups in total. The highest BCUT2D eigenvalue weighted by Gasteiger charge is 2.41. The minimum Gasteiger partial charge on any atom is -0.497 e. The molecule has 36 heavy (non-hydrogen) atoms. The number of allylic oxidation sites excluding steroid dienone is 3. The van der Waals surface area contributed by atoms with Gasteiger partial charge in [-0.15, -0.1) is 0 Å². The first-order chi connectivity index (χ1) is 17.3. The highest BCUT2D eigenvalue weighted by atomic mass is 16.5. The number of carbonyl (C=O) groups excluding carboxylic acids is 2. The zero-order valence-electron chi connectivity index (χ0n) is 21.6. The van der Waals surface area contributed by atoms with E-state index in [1.165, 1.54) is 0 Å². The first kappa shape index (κ1) is 25.4. The van der Waals surface area contributed by atoms with Crippen molar-refractivity contribution in [2.75, 3.05) is 21.3 Å². The number of esters is 1. The number of methoxy groups -OCH3 is 3. The first-order valence-corrected chi connectivity index (χ1v) is 12.1. The average molecular weight is 492 g/mol. The van der Waals surface area contributed by atoms with Gasteiger partial charge < -0.3 is 24.3 Å². The number of nitrogens with one attached hydrogen (secondary N) is 1. The van der Waals surface area contributed by atoms with Crippen molar-refractivity contribution < 1.29 is 28.5 Å². The van der Waals surface area contributed by atoms with E-state index >= 15 is 0 Å². The van der Waals surface area contributed by atoms with Gasteiger partial charge in [-0.1, -0.05) is 18.2 Å². The van der Waals surface area contributed by atoms with Crippen LogP contribution in [0.15, 0.2) is 65.0 Å². The van der Waals surface area contributed by atoms with Crippen molar-refractivity contribution in [1.29, 1.82) is 0 Å². The van der Waals surface area contributed by atoms with Gasteiger partial charge in [-0.3, -0.25) is 4.79 Å². The van der Waals surface area contributed by atoms with E-state index in [2.05, 4.69) is 5.32 Å². The molecule has 2 atom stereocenters. The largest absolute Gasteiger partial charge is 0.497 e. The van der Waals surface area contributed by atoms with Gasteiger partial charge in [0.15, 0.2) is 17.3 Å². The third-order valence-electron chi connectivity index (χ3n) is 6.72. The van der Waals surface area contributed by atoms with Crippen LogP contribution in [0.5, 0.6) is 17.2 Å². The fourth-order valence-corrected chi connectivity index (χ4v) is 5.06. The van der Waals surface area contributed by atoms with Gasteiger partial charge >= 0.3 is 5.97 Å². The van der Waals surface area contributed by atoms with Crippen LogP contribution in [0, 0.1) is 0 Å². The second kappa shape index (κ2) is 10.5. The molecule has 2 aliphatic rings. The molecular weight excluding hydrogens is 458 g/mol. The molecule has 1 heterocycles. The van der Waals surface area contributed by atoms with E-state index in [4.69, 9.17) is 18.9 Å². The molecule has 0 radical (unpaired) electrons. The number of benzene rings is 2. The van der Waals surface area contributed by atoms with E-state index in [-0.39, 0.29) is 17.8 Å². The quantitative estimate of drug-likeness (QED) is 0.544. The molecule has 0 amide bonds. The Kier molecular flexibility index (Phi) is 7.38. The Labute approximate surface area is 212 Å². The van der Waals surface area contributed by atoms with Gasteiger partial charge in [0.05, 0.1) is 33.0 Å². The molecular formula is C29H33NO6. The number of hydrogen-bond acceptors (Lipinski definition) is 7. The molecule has 2 aromatic carbocycles. The van der Waals surface area contributed by atoms with Crippen LogP contribution in [0.25, 0.3) is 0 Å². The molecule has 0 aromatic heterocycles. The van der Waals surface area contributed by atoms with Crippen LogP contribution in [0.3, 0.4) is 0 Å². The van der Waals surface area contributed by atoms with E-state index in [9.17, 15) is 9.59 Å². The summed E-state index contributed by atoms with van der Waals surface area (Å²) in [5.74, 6) is 0.903. The van der Waals surface area contributed by atoms with E-state index in [0.717, 1.165) is 22.6 Å². The van der Waals surface area contributed by atoms with Gasteiger partial charge in [0, 0.05) is 29.3 Å². The Bertz CT molecular complexity index is 1220. The lowest BCUT2D eigenvalue weighted by atomic mass is 9.71. The number of ether oxygens (including phenoxy) is 4. The van der Waals surface area contributed by atoms with Gasteiger partial charge in [-0.2, -0.15) is 0 Å². The maximum Gasteiger partial charge on any atom is 0.337 e. The predicted octanol–water partition coefficient (Wildman–Crippen LogP) is 5.03. The summed E-state index contributed by atoms with van der Waals surface area (Å²) >= 11 is 0. The summed E-state index contributed by atoms with van der Waals surface area (Å²) in [6, 6.07) is 13.3. The fraction of sp³-hybridized carbons (Fsp3) is 0.379.